The summed E-state index contributed by atoms with van der Waals surface area (Å²) >= 11 is 0. The number of carbonyl (C=O) groups is 2. The molecule has 84 valence electrons. The van der Waals surface area contributed by atoms with E-state index in [0.717, 1.165) is 0 Å². The van der Waals surface area contributed by atoms with Gasteiger partial charge in [0.05, 0.1) is 5.69 Å². The monoisotopic (exact) mass is 217 g/mol. The van der Waals surface area contributed by atoms with Gasteiger partial charge in [-0.25, -0.2) is 4.90 Å². The maximum absolute atomic E-state index is 11.5. The van der Waals surface area contributed by atoms with Gasteiger partial charge in [-0.1, -0.05) is 38.1 Å². The van der Waals surface area contributed by atoms with Crippen LogP contribution in [0.3, 0.4) is 0 Å². The Morgan fingerprint density at radius 3 is 2.25 bits per heavy atom. The van der Waals surface area contributed by atoms with Crippen molar-refractivity contribution in [1.29, 1.82) is 0 Å². The van der Waals surface area contributed by atoms with Gasteiger partial charge in [0.1, 0.15) is 0 Å². The minimum absolute atomic E-state index is 0.177. The minimum atomic E-state index is -0.271. The van der Waals surface area contributed by atoms with Gasteiger partial charge in [-0.2, -0.15) is 0 Å². The van der Waals surface area contributed by atoms with Crippen molar-refractivity contribution in [2.75, 3.05) is 4.90 Å². The molecule has 3 heteroatoms. The third kappa shape index (κ3) is 2.57. The van der Waals surface area contributed by atoms with Gasteiger partial charge in [0.2, 0.25) is 5.91 Å². The predicted molar refractivity (Wildman–Crippen MR) is 64.0 cm³/mol. The lowest BCUT2D eigenvalue weighted by Gasteiger charge is -2.21. The summed E-state index contributed by atoms with van der Waals surface area (Å²) in [4.78, 5) is 24.1. The molecular weight excluding hydrogens is 202 g/mol. The fraction of sp³-hybridized carbons (Fsp3) is 0.231. The normalized spacial score (nSPS) is 14.5. The lowest BCUT2D eigenvalue weighted by Crippen LogP contribution is -2.37. The maximum atomic E-state index is 11.5. The Kier molecular flexibility index (Phi) is 4.45. The standard InChI is InChI=1S/C11H9NO2.C2H6/c13-10-7-4-8-11(14)12(10)9-5-2-1-3-6-9;1-2/h1-7H,8H2;1-2H3. The van der Waals surface area contributed by atoms with E-state index in [-0.39, 0.29) is 11.8 Å². The summed E-state index contributed by atoms with van der Waals surface area (Å²) in [6.07, 6.45) is 3.30. The lowest BCUT2D eigenvalue weighted by molar-refractivity contribution is -0.124. The molecule has 0 unspecified atom stereocenters. The Morgan fingerprint density at radius 1 is 1.06 bits per heavy atom. The van der Waals surface area contributed by atoms with Gasteiger partial charge < -0.3 is 0 Å². The van der Waals surface area contributed by atoms with Crippen molar-refractivity contribution in [3.05, 3.63) is 42.5 Å². The quantitative estimate of drug-likeness (QED) is 0.678. The first-order valence-corrected chi connectivity index (χ1v) is 5.37. The summed E-state index contributed by atoms with van der Waals surface area (Å²) in [6.45, 7) is 4.00. The Bertz CT molecular complexity index is 396. The highest BCUT2D eigenvalue weighted by atomic mass is 16.2. The zero-order valence-corrected chi connectivity index (χ0v) is 9.51. The number of amides is 2. The summed E-state index contributed by atoms with van der Waals surface area (Å²) in [7, 11) is 0. The number of carbonyl (C=O) groups excluding carboxylic acids is 2. The highest BCUT2D eigenvalue weighted by molar-refractivity contribution is 6.20. The molecule has 0 saturated carbocycles. The van der Waals surface area contributed by atoms with Crippen LogP contribution in [0.1, 0.15) is 20.3 Å². The Morgan fingerprint density at radius 2 is 1.69 bits per heavy atom. The van der Waals surface area contributed by atoms with Gasteiger partial charge in [0.25, 0.3) is 5.91 Å². The van der Waals surface area contributed by atoms with Gasteiger partial charge in [0, 0.05) is 12.5 Å². The fourth-order valence-electron chi connectivity index (χ4n) is 1.40. The van der Waals surface area contributed by atoms with Crippen LogP contribution in [0, 0.1) is 0 Å². The van der Waals surface area contributed by atoms with E-state index in [9.17, 15) is 9.59 Å². The summed E-state index contributed by atoms with van der Waals surface area (Å²) in [5.41, 5.74) is 0.631. The van der Waals surface area contributed by atoms with Gasteiger partial charge >= 0.3 is 0 Å². The second-order valence-electron chi connectivity index (χ2n) is 3.01. The second-order valence-corrected chi connectivity index (χ2v) is 3.01. The van der Waals surface area contributed by atoms with Crippen LogP contribution in [0.5, 0.6) is 0 Å². The average molecular weight is 217 g/mol. The summed E-state index contributed by atoms with van der Waals surface area (Å²) in [5.74, 6) is -0.448. The fourth-order valence-corrected chi connectivity index (χ4v) is 1.40. The number of para-hydroxylation sites is 1. The molecule has 1 aromatic carbocycles. The molecule has 1 aliphatic heterocycles. The highest BCUT2D eigenvalue weighted by Crippen LogP contribution is 2.17. The number of anilines is 1. The average Bonchev–Trinajstić information content (AvgIpc) is 2.33. The highest BCUT2D eigenvalue weighted by Gasteiger charge is 2.23. The minimum Gasteiger partial charge on any atom is -0.274 e. The Labute approximate surface area is 95.4 Å². The summed E-state index contributed by atoms with van der Waals surface area (Å²) in [6, 6.07) is 8.94. The van der Waals surface area contributed by atoms with Crippen molar-refractivity contribution < 1.29 is 9.59 Å². The van der Waals surface area contributed by atoms with E-state index in [1.165, 1.54) is 11.0 Å². The van der Waals surface area contributed by atoms with E-state index in [4.69, 9.17) is 0 Å². The number of rotatable bonds is 1. The van der Waals surface area contributed by atoms with Crippen LogP contribution in [0.15, 0.2) is 42.5 Å². The molecule has 0 atom stereocenters. The van der Waals surface area contributed by atoms with E-state index in [1.807, 2.05) is 19.9 Å². The molecule has 0 saturated heterocycles. The number of hydrogen-bond donors (Lipinski definition) is 0. The lowest BCUT2D eigenvalue weighted by atomic mass is 10.2. The van der Waals surface area contributed by atoms with Crippen LogP contribution in [0.25, 0.3) is 0 Å². The first kappa shape index (κ1) is 12.2. The van der Waals surface area contributed by atoms with E-state index in [2.05, 4.69) is 0 Å². The van der Waals surface area contributed by atoms with Gasteiger partial charge in [-0.15, -0.1) is 0 Å². The van der Waals surface area contributed by atoms with Gasteiger partial charge in [-0.3, -0.25) is 9.59 Å². The topological polar surface area (TPSA) is 37.4 Å². The molecule has 0 aliphatic carbocycles. The van der Waals surface area contributed by atoms with Crippen molar-refractivity contribution in [2.24, 2.45) is 0 Å². The van der Waals surface area contributed by atoms with E-state index >= 15 is 0 Å². The zero-order chi connectivity index (χ0) is 12.0. The second kappa shape index (κ2) is 5.85. The molecule has 2 rings (SSSR count). The van der Waals surface area contributed by atoms with E-state index in [0.29, 0.717) is 12.1 Å². The smallest absolute Gasteiger partial charge is 0.257 e. The van der Waals surface area contributed by atoms with E-state index < -0.39 is 0 Å². The number of benzene rings is 1. The zero-order valence-electron chi connectivity index (χ0n) is 9.51. The molecule has 1 heterocycles. The van der Waals surface area contributed by atoms with Crippen molar-refractivity contribution >= 4 is 17.5 Å². The Balaban J connectivity index is 0.000000606. The Hall–Kier alpha value is -1.90. The van der Waals surface area contributed by atoms with Crippen LogP contribution in [-0.4, -0.2) is 11.8 Å². The molecule has 0 radical (unpaired) electrons. The molecular formula is C13H15NO2. The third-order valence-corrected chi connectivity index (χ3v) is 2.04. The summed E-state index contributed by atoms with van der Waals surface area (Å²) in [5, 5.41) is 0. The number of hydrogen-bond acceptors (Lipinski definition) is 2. The molecule has 0 N–H and O–H groups in total. The first-order valence-electron chi connectivity index (χ1n) is 5.37. The van der Waals surface area contributed by atoms with E-state index in [1.54, 1.807) is 30.3 Å². The van der Waals surface area contributed by atoms with Gasteiger partial charge in [-0.05, 0) is 12.1 Å². The van der Waals surface area contributed by atoms with Crippen molar-refractivity contribution in [2.45, 2.75) is 20.3 Å². The molecule has 0 bridgehead atoms. The van der Waals surface area contributed by atoms with Crippen LogP contribution < -0.4 is 4.90 Å². The molecule has 0 aromatic heterocycles. The third-order valence-electron chi connectivity index (χ3n) is 2.04. The maximum Gasteiger partial charge on any atom is 0.257 e. The molecule has 16 heavy (non-hydrogen) atoms. The number of nitrogens with zero attached hydrogens (tertiary/aromatic N) is 1. The molecule has 1 aromatic rings. The summed E-state index contributed by atoms with van der Waals surface area (Å²) < 4.78 is 0. The SMILES string of the molecule is CC.O=C1C=CCC(=O)N1c1ccccc1. The molecule has 0 spiro atoms. The van der Waals surface area contributed by atoms with Crippen LogP contribution in [0.2, 0.25) is 0 Å². The van der Waals surface area contributed by atoms with Crippen molar-refractivity contribution in [3.8, 4) is 0 Å². The van der Waals surface area contributed by atoms with Crippen LogP contribution in [-0.2, 0) is 9.59 Å². The van der Waals surface area contributed by atoms with Crippen LogP contribution in [0.4, 0.5) is 5.69 Å². The molecule has 0 fully saturated rings. The molecule has 1 aliphatic rings. The van der Waals surface area contributed by atoms with Crippen molar-refractivity contribution in [1.82, 2.24) is 0 Å². The van der Waals surface area contributed by atoms with Gasteiger partial charge in [0.15, 0.2) is 0 Å². The predicted octanol–water partition coefficient (Wildman–Crippen LogP) is 2.53. The first-order chi connectivity index (χ1) is 7.79. The van der Waals surface area contributed by atoms with Crippen molar-refractivity contribution in [3.63, 3.8) is 0 Å². The van der Waals surface area contributed by atoms with Crippen LogP contribution >= 0.6 is 0 Å². The largest absolute Gasteiger partial charge is 0.274 e. The molecule has 3 nitrogen and oxygen atoms in total. The number of imide groups is 1. The molecule has 2 amide bonds.